The Morgan fingerprint density at radius 1 is 1.53 bits per heavy atom. The number of nitrogens with one attached hydrogen (secondary N) is 1. The van der Waals surface area contributed by atoms with E-state index in [4.69, 9.17) is 14.7 Å². The first-order valence-electron chi connectivity index (χ1n) is 5.88. The molecule has 0 amide bonds. The summed E-state index contributed by atoms with van der Waals surface area (Å²) in [4.78, 5) is 0. The van der Waals surface area contributed by atoms with Gasteiger partial charge in [0.25, 0.3) is 0 Å². The van der Waals surface area contributed by atoms with Crippen molar-refractivity contribution < 1.29 is 19.0 Å². The zero-order valence-electron chi connectivity index (χ0n) is 10.7. The van der Waals surface area contributed by atoms with Gasteiger partial charge in [0.05, 0.1) is 6.61 Å². The Morgan fingerprint density at radius 3 is 3.00 bits per heavy atom. The van der Waals surface area contributed by atoms with E-state index in [1.165, 1.54) is 18.2 Å². The molecule has 0 spiro atoms. The number of nitrogens with zero attached hydrogens (tertiary/aromatic N) is 1. The van der Waals surface area contributed by atoms with Crippen molar-refractivity contribution in [3.05, 3.63) is 29.6 Å². The molecule has 2 N–H and O–H groups in total. The number of hydrogen-bond donors (Lipinski definition) is 2. The topological polar surface area (TPSA) is 74.5 Å². The molecule has 0 aromatic heterocycles. The fourth-order valence-corrected chi connectivity index (χ4v) is 1.42. The van der Waals surface area contributed by atoms with Gasteiger partial charge in [0.2, 0.25) is 0 Å². The summed E-state index contributed by atoms with van der Waals surface area (Å²) in [7, 11) is 1.59. The Morgan fingerprint density at radius 2 is 2.32 bits per heavy atom. The third-order valence-corrected chi connectivity index (χ3v) is 2.38. The third-order valence-electron chi connectivity index (χ3n) is 2.38. The highest BCUT2D eigenvalue weighted by Gasteiger charge is 2.11. The summed E-state index contributed by atoms with van der Waals surface area (Å²) in [5, 5.41) is 21.4. The predicted octanol–water partition coefficient (Wildman–Crippen LogP) is 0.673. The van der Waals surface area contributed by atoms with Crippen LogP contribution in [-0.2, 0) is 4.74 Å². The lowest BCUT2D eigenvalue weighted by Crippen LogP contribution is -2.33. The molecule has 1 aromatic carbocycles. The van der Waals surface area contributed by atoms with Crippen molar-refractivity contribution in [1.29, 1.82) is 5.26 Å². The van der Waals surface area contributed by atoms with Crippen molar-refractivity contribution in [2.45, 2.75) is 6.10 Å². The van der Waals surface area contributed by atoms with E-state index in [2.05, 4.69) is 5.32 Å². The summed E-state index contributed by atoms with van der Waals surface area (Å²) in [6.45, 7) is 1.49. The number of rotatable bonds is 8. The fraction of sp³-hybridized carbons (Fsp3) is 0.462. The van der Waals surface area contributed by atoms with Gasteiger partial charge in [-0.05, 0) is 12.1 Å². The van der Waals surface area contributed by atoms with E-state index in [0.717, 1.165) is 0 Å². The summed E-state index contributed by atoms with van der Waals surface area (Å²) in [6, 6.07) is 5.87. The number of nitriles is 1. The number of methoxy groups -OCH3 is 1. The molecule has 1 atom stereocenters. The van der Waals surface area contributed by atoms with Gasteiger partial charge in [0, 0.05) is 20.2 Å². The molecule has 0 aliphatic rings. The van der Waals surface area contributed by atoms with Gasteiger partial charge in [-0.2, -0.15) is 5.26 Å². The van der Waals surface area contributed by atoms with Crippen molar-refractivity contribution in [2.75, 3.05) is 33.4 Å². The SMILES string of the molecule is COCCNCC(O)COc1cccc(F)c1C#N. The third kappa shape index (κ3) is 5.22. The lowest BCUT2D eigenvalue weighted by Gasteiger charge is -2.14. The Balaban J connectivity index is 2.40. The van der Waals surface area contributed by atoms with Crippen LogP contribution >= 0.6 is 0 Å². The molecule has 0 saturated heterocycles. The van der Waals surface area contributed by atoms with Gasteiger partial charge >= 0.3 is 0 Å². The van der Waals surface area contributed by atoms with Gasteiger partial charge in [0.1, 0.15) is 35.9 Å². The van der Waals surface area contributed by atoms with Crippen molar-refractivity contribution >= 4 is 0 Å². The van der Waals surface area contributed by atoms with E-state index in [-0.39, 0.29) is 17.9 Å². The van der Waals surface area contributed by atoms with E-state index >= 15 is 0 Å². The summed E-state index contributed by atoms with van der Waals surface area (Å²) in [5.74, 6) is -0.494. The molecule has 0 radical (unpaired) electrons. The Bertz CT molecular complexity index is 434. The molecule has 0 fully saturated rings. The van der Waals surface area contributed by atoms with Crippen LogP contribution in [0.15, 0.2) is 18.2 Å². The molecular weight excluding hydrogens is 251 g/mol. The first-order chi connectivity index (χ1) is 9.19. The van der Waals surface area contributed by atoms with Crippen LogP contribution in [0.1, 0.15) is 5.56 Å². The van der Waals surface area contributed by atoms with E-state index in [1.807, 2.05) is 0 Å². The molecule has 1 aromatic rings. The van der Waals surface area contributed by atoms with Crippen molar-refractivity contribution in [1.82, 2.24) is 5.32 Å². The molecule has 0 saturated carbocycles. The van der Waals surface area contributed by atoms with Crippen LogP contribution < -0.4 is 10.1 Å². The zero-order valence-corrected chi connectivity index (χ0v) is 10.7. The Labute approximate surface area is 111 Å². The van der Waals surface area contributed by atoms with Crippen molar-refractivity contribution in [3.8, 4) is 11.8 Å². The number of ether oxygens (including phenoxy) is 2. The van der Waals surface area contributed by atoms with Crippen molar-refractivity contribution in [2.24, 2.45) is 0 Å². The van der Waals surface area contributed by atoms with Crippen LogP contribution in [-0.4, -0.2) is 44.6 Å². The van der Waals surface area contributed by atoms with E-state index in [9.17, 15) is 9.50 Å². The summed E-state index contributed by atoms with van der Waals surface area (Å²) >= 11 is 0. The highest BCUT2D eigenvalue weighted by atomic mass is 19.1. The Kier molecular flexibility index (Phi) is 6.82. The molecule has 1 rings (SSSR count). The van der Waals surface area contributed by atoms with Crippen molar-refractivity contribution in [3.63, 3.8) is 0 Å². The molecule has 0 aliphatic heterocycles. The second-order valence-electron chi connectivity index (χ2n) is 3.89. The fourth-order valence-electron chi connectivity index (χ4n) is 1.42. The van der Waals surface area contributed by atoms with E-state index in [1.54, 1.807) is 13.2 Å². The maximum absolute atomic E-state index is 13.3. The zero-order chi connectivity index (χ0) is 14.1. The van der Waals surface area contributed by atoms with Gasteiger partial charge in [-0.1, -0.05) is 6.07 Å². The van der Waals surface area contributed by atoms with Crippen LogP contribution in [0, 0.1) is 17.1 Å². The van der Waals surface area contributed by atoms with Crippen LogP contribution in [0.2, 0.25) is 0 Å². The normalized spacial score (nSPS) is 11.9. The average Bonchev–Trinajstić information content (AvgIpc) is 2.41. The van der Waals surface area contributed by atoms with Gasteiger partial charge < -0.3 is 19.9 Å². The molecular formula is C13H17FN2O3. The molecule has 104 valence electrons. The average molecular weight is 268 g/mol. The summed E-state index contributed by atoms with van der Waals surface area (Å²) in [6.07, 6.45) is -0.744. The number of aliphatic hydroxyl groups is 1. The summed E-state index contributed by atoms with van der Waals surface area (Å²) < 4.78 is 23.4. The molecule has 0 heterocycles. The molecule has 1 unspecified atom stereocenters. The lowest BCUT2D eigenvalue weighted by molar-refractivity contribution is 0.103. The van der Waals surface area contributed by atoms with Gasteiger partial charge in [0.15, 0.2) is 0 Å². The molecule has 5 nitrogen and oxygen atoms in total. The first-order valence-corrected chi connectivity index (χ1v) is 5.88. The number of hydrogen-bond acceptors (Lipinski definition) is 5. The minimum Gasteiger partial charge on any atom is -0.489 e. The van der Waals surface area contributed by atoms with E-state index in [0.29, 0.717) is 19.7 Å². The molecule has 0 aliphatic carbocycles. The lowest BCUT2D eigenvalue weighted by atomic mass is 10.2. The Hall–Kier alpha value is -1.68. The molecule has 19 heavy (non-hydrogen) atoms. The minimum atomic E-state index is -0.744. The van der Waals surface area contributed by atoms with Gasteiger partial charge in [-0.15, -0.1) is 0 Å². The van der Waals surface area contributed by atoms with E-state index < -0.39 is 11.9 Å². The van der Waals surface area contributed by atoms with Crippen LogP contribution in [0.3, 0.4) is 0 Å². The number of benzene rings is 1. The minimum absolute atomic E-state index is 0.0158. The standard InChI is InChI=1S/C13H17FN2O3/c1-18-6-5-16-8-10(17)9-19-13-4-2-3-12(14)11(13)7-15/h2-4,10,16-17H,5-6,8-9H2,1H3. The van der Waals surface area contributed by atoms with Crippen LogP contribution in [0.25, 0.3) is 0 Å². The van der Waals surface area contributed by atoms with Gasteiger partial charge in [-0.3, -0.25) is 0 Å². The largest absolute Gasteiger partial charge is 0.489 e. The smallest absolute Gasteiger partial charge is 0.144 e. The molecule has 0 bridgehead atoms. The highest BCUT2D eigenvalue weighted by molar-refractivity contribution is 5.43. The monoisotopic (exact) mass is 268 g/mol. The maximum Gasteiger partial charge on any atom is 0.144 e. The second-order valence-corrected chi connectivity index (χ2v) is 3.89. The number of halogens is 1. The maximum atomic E-state index is 13.3. The highest BCUT2D eigenvalue weighted by Crippen LogP contribution is 2.20. The second kappa shape index (κ2) is 8.43. The van der Waals surface area contributed by atoms with Crippen LogP contribution in [0.4, 0.5) is 4.39 Å². The first kappa shape index (κ1) is 15.4. The predicted molar refractivity (Wildman–Crippen MR) is 67.4 cm³/mol. The number of aliphatic hydroxyl groups excluding tert-OH is 1. The quantitative estimate of drug-likeness (QED) is 0.678. The van der Waals surface area contributed by atoms with Crippen LogP contribution in [0.5, 0.6) is 5.75 Å². The van der Waals surface area contributed by atoms with Gasteiger partial charge in [-0.25, -0.2) is 4.39 Å². The summed E-state index contributed by atoms with van der Waals surface area (Å²) in [5.41, 5.74) is -0.151. The molecule has 6 heteroatoms.